The van der Waals surface area contributed by atoms with Crippen LogP contribution in [0.15, 0.2) is 60.7 Å². The van der Waals surface area contributed by atoms with Crippen molar-refractivity contribution in [2.75, 3.05) is 24.7 Å². The van der Waals surface area contributed by atoms with Crippen LogP contribution in [0.25, 0.3) is 21.7 Å². The Kier molecular flexibility index (Phi) is 7.02. The molecule has 0 radical (unpaired) electrons. The fourth-order valence-electron chi connectivity index (χ4n) is 3.78. The quantitative estimate of drug-likeness (QED) is 0.220. The van der Waals surface area contributed by atoms with Gasteiger partial charge < -0.3 is 9.72 Å². The summed E-state index contributed by atoms with van der Waals surface area (Å²) in [5, 5.41) is 8.37. The van der Waals surface area contributed by atoms with Crippen LogP contribution in [-0.4, -0.2) is 35.5 Å². The molecule has 0 amide bonds. The van der Waals surface area contributed by atoms with Crippen molar-refractivity contribution in [3.05, 3.63) is 76.9 Å². The molecule has 3 N–H and O–H groups in total. The summed E-state index contributed by atoms with van der Waals surface area (Å²) in [6.45, 7) is 2.77. The molecule has 5 nitrogen and oxygen atoms in total. The van der Waals surface area contributed by atoms with Gasteiger partial charge in [0.05, 0.1) is 13.2 Å². The zero-order valence-electron chi connectivity index (χ0n) is 18.0. The van der Waals surface area contributed by atoms with Gasteiger partial charge in [-0.1, -0.05) is 48.0 Å². The van der Waals surface area contributed by atoms with Gasteiger partial charge in [0.25, 0.3) is 0 Å². The second-order valence-corrected chi connectivity index (χ2v) is 8.50. The van der Waals surface area contributed by atoms with Crippen molar-refractivity contribution in [1.29, 1.82) is 0 Å². The van der Waals surface area contributed by atoms with Crippen LogP contribution in [0, 0.1) is 0 Å². The second kappa shape index (κ2) is 10.1. The Morgan fingerprint density at radius 2 is 1.94 bits per heavy atom. The van der Waals surface area contributed by atoms with E-state index in [0.717, 1.165) is 27.3 Å². The number of amidine groups is 1. The van der Waals surface area contributed by atoms with E-state index in [1.807, 2.05) is 42.7 Å². The molecule has 3 aromatic carbocycles. The van der Waals surface area contributed by atoms with E-state index in [1.54, 1.807) is 18.7 Å². The minimum atomic E-state index is -0.349. The molecular formula is C25H25ClN3O2S+. The van der Waals surface area contributed by atoms with Crippen LogP contribution >= 0.6 is 23.4 Å². The van der Waals surface area contributed by atoms with E-state index < -0.39 is 0 Å². The van der Waals surface area contributed by atoms with E-state index in [-0.39, 0.29) is 5.97 Å². The number of fused-ring (bicyclic) bond motifs is 2. The third-order valence-electron chi connectivity index (χ3n) is 5.25. The van der Waals surface area contributed by atoms with E-state index in [4.69, 9.17) is 16.3 Å². The van der Waals surface area contributed by atoms with Crippen LogP contribution in [0.3, 0.4) is 0 Å². The molecule has 1 heterocycles. The fraction of sp³-hybridized carbons (Fsp3) is 0.200. The Bertz CT molecular complexity index is 1290. The number of anilines is 1. The maximum atomic E-state index is 12.5. The number of hydrogen-bond donors (Lipinski definition) is 3. The second-order valence-electron chi connectivity index (χ2n) is 7.25. The molecule has 0 atom stereocenters. The van der Waals surface area contributed by atoms with Crippen molar-refractivity contribution in [2.45, 2.75) is 13.3 Å². The van der Waals surface area contributed by atoms with E-state index in [9.17, 15) is 4.79 Å². The van der Waals surface area contributed by atoms with Crippen molar-refractivity contribution >= 4 is 61.9 Å². The highest BCUT2D eigenvalue weighted by Crippen LogP contribution is 2.27. The number of nitrogens with one attached hydrogen (secondary N) is 3. The number of esters is 1. The van der Waals surface area contributed by atoms with Gasteiger partial charge in [-0.25, -0.2) is 10.1 Å². The number of thioether (sulfide) groups is 1. The third kappa shape index (κ3) is 4.76. The molecular weight excluding hydrogens is 442 g/mol. The first-order chi connectivity index (χ1) is 15.6. The van der Waals surface area contributed by atoms with Crippen molar-refractivity contribution in [3.63, 3.8) is 0 Å². The van der Waals surface area contributed by atoms with Gasteiger partial charge in [0.15, 0.2) is 0 Å². The lowest BCUT2D eigenvalue weighted by Gasteiger charge is -2.06. The summed E-state index contributed by atoms with van der Waals surface area (Å²) in [5.41, 5.74) is 3.30. The van der Waals surface area contributed by atoms with E-state index in [2.05, 4.69) is 39.6 Å². The molecule has 4 rings (SSSR count). The summed E-state index contributed by atoms with van der Waals surface area (Å²) in [6.07, 6.45) is 2.66. The van der Waals surface area contributed by atoms with Gasteiger partial charge in [0.2, 0.25) is 0 Å². The molecule has 0 bridgehead atoms. The summed E-state index contributed by atoms with van der Waals surface area (Å²) < 4.78 is 5.25. The number of aromatic nitrogens is 1. The Balaban J connectivity index is 1.58. The average molecular weight is 467 g/mol. The number of carbonyl (C=O) groups excluding carboxylic acids is 1. The number of rotatable bonds is 6. The van der Waals surface area contributed by atoms with Crippen LogP contribution < -0.4 is 10.3 Å². The number of benzene rings is 3. The number of hydrogen-bond acceptors (Lipinski definition) is 3. The number of halogens is 1. The van der Waals surface area contributed by atoms with Gasteiger partial charge in [-0.3, -0.25) is 4.99 Å². The lowest BCUT2D eigenvalue weighted by atomic mass is 10.1. The Hall–Kier alpha value is -2.96. The first kappa shape index (κ1) is 22.2. The largest absolute Gasteiger partial charge is 0.461 e. The third-order valence-corrected chi connectivity index (χ3v) is 6.14. The van der Waals surface area contributed by atoms with Gasteiger partial charge in [-0.05, 0) is 60.2 Å². The van der Waals surface area contributed by atoms with Crippen LogP contribution in [-0.2, 0) is 11.2 Å². The highest BCUT2D eigenvalue weighted by atomic mass is 35.5. The molecule has 0 unspecified atom stereocenters. The van der Waals surface area contributed by atoms with Crippen LogP contribution in [0.4, 0.5) is 5.69 Å². The monoisotopic (exact) mass is 466 g/mol. The predicted molar refractivity (Wildman–Crippen MR) is 135 cm³/mol. The van der Waals surface area contributed by atoms with Crippen molar-refractivity contribution in [1.82, 2.24) is 4.98 Å². The average Bonchev–Trinajstić information content (AvgIpc) is 3.16. The molecule has 32 heavy (non-hydrogen) atoms. The normalized spacial score (nSPS) is 11.8. The number of H-pyrrole nitrogens is 1. The summed E-state index contributed by atoms with van der Waals surface area (Å²) in [6, 6.07) is 20.1. The number of ether oxygens (including phenoxy) is 1. The molecule has 0 aliphatic heterocycles. The van der Waals surface area contributed by atoms with Crippen LogP contribution in [0.1, 0.15) is 23.0 Å². The minimum Gasteiger partial charge on any atom is -0.461 e. The first-order valence-electron chi connectivity index (χ1n) is 10.5. The molecule has 0 saturated heterocycles. The molecule has 7 heteroatoms. The Morgan fingerprint density at radius 3 is 2.75 bits per heavy atom. The highest BCUT2D eigenvalue weighted by molar-refractivity contribution is 8.13. The lowest BCUT2D eigenvalue weighted by molar-refractivity contribution is -0.453. The highest BCUT2D eigenvalue weighted by Gasteiger charge is 2.19. The summed E-state index contributed by atoms with van der Waals surface area (Å²) in [4.78, 5) is 19.2. The van der Waals surface area contributed by atoms with Crippen molar-refractivity contribution < 1.29 is 14.5 Å². The molecule has 0 fully saturated rings. The fourth-order valence-corrected chi connectivity index (χ4v) is 4.41. The molecule has 0 spiro atoms. The molecule has 0 aliphatic rings. The first-order valence-corrected chi connectivity index (χ1v) is 12.1. The summed E-state index contributed by atoms with van der Waals surface area (Å²) >= 11 is 7.83. The van der Waals surface area contributed by atoms with E-state index in [0.29, 0.717) is 30.3 Å². The summed E-state index contributed by atoms with van der Waals surface area (Å²) in [7, 11) is 0. The van der Waals surface area contributed by atoms with E-state index >= 15 is 0 Å². The maximum Gasteiger partial charge on any atom is 0.355 e. The molecule has 0 aliphatic carbocycles. The molecule has 1 aromatic heterocycles. The van der Waals surface area contributed by atoms with Crippen LogP contribution in [0.2, 0.25) is 5.02 Å². The zero-order valence-corrected chi connectivity index (χ0v) is 19.6. The Labute approximate surface area is 196 Å². The standard InChI is InChI=1S/C25H24ClN3O2S/c1-3-31-24(30)23-19(20-15-17(26)11-12-22(20)28-23)13-14-27-25(32-2)29-21-10-6-8-16-7-4-5-9-18(16)21/h4-12,15,28H,3,13-14H2,1-2H3,(H,27,29)/p+1. The number of carbonyl (C=O) groups is 1. The predicted octanol–water partition coefficient (Wildman–Crippen LogP) is 4.61. The van der Waals surface area contributed by atoms with Gasteiger partial charge in [0.1, 0.15) is 11.4 Å². The smallest absolute Gasteiger partial charge is 0.355 e. The van der Waals surface area contributed by atoms with Crippen molar-refractivity contribution in [3.8, 4) is 0 Å². The SMILES string of the molecule is CCOC(=O)c1[nH]c2ccc(Cl)cc2c1CC[NH+]=C(Nc1cccc2ccccc12)SC. The Morgan fingerprint density at radius 1 is 1.12 bits per heavy atom. The van der Waals surface area contributed by atoms with Gasteiger partial charge in [-0.15, -0.1) is 0 Å². The molecule has 0 saturated carbocycles. The topological polar surface area (TPSA) is 68.1 Å². The zero-order chi connectivity index (χ0) is 22.5. The lowest BCUT2D eigenvalue weighted by Crippen LogP contribution is -2.74. The van der Waals surface area contributed by atoms with E-state index in [1.165, 1.54) is 10.8 Å². The van der Waals surface area contributed by atoms with Crippen molar-refractivity contribution in [2.24, 2.45) is 0 Å². The van der Waals surface area contributed by atoms with Gasteiger partial charge >= 0.3 is 11.1 Å². The summed E-state index contributed by atoms with van der Waals surface area (Å²) in [5.74, 6) is -0.349. The molecule has 4 aromatic rings. The van der Waals surface area contributed by atoms with Gasteiger partial charge in [-0.2, -0.15) is 0 Å². The number of aromatic amines is 1. The minimum absolute atomic E-state index is 0.325. The maximum absolute atomic E-state index is 12.5. The molecule has 164 valence electrons. The van der Waals surface area contributed by atoms with Crippen LogP contribution in [0.5, 0.6) is 0 Å². The van der Waals surface area contributed by atoms with Gasteiger partial charge in [0, 0.05) is 27.7 Å².